The van der Waals surface area contributed by atoms with Crippen LogP contribution in [0.2, 0.25) is 0 Å². The maximum atomic E-state index is 11.5. The van der Waals surface area contributed by atoms with Crippen molar-refractivity contribution >= 4 is 29.8 Å². The average Bonchev–Trinajstić information content (AvgIpc) is 2.54. The lowest BCUT2D eigenvalue weighted by Gasteiger charge is -2.12. The molecule has 0 spiro atoms. The summed E-state index contributed by atoms with van der Waals surface area (Å²) in [4.78, 5) is 22.9. The third-order valence-corrected chi connectivity index (χ3v) is 4.28. The largest absolute Gasteiger partial charge is 0.481 e. The summed E-state index contributed by atoms with van der Waals surface area (Å²) in [5.41, 5.74) is 1.54. The normalized spacial score (nSPS) is 12.2. The van der Waals surface area contributed by atoms with Crippen LogP contribution >= 0.6 is 11.8 Å². The van der Waals surface area contributed by atoms with Gasteiger partial charge in [0.15, 0.2) is 0 Å². The molecule has 5 heteroatoms. The Morgan fingerprint density at radius 3 is 2.43 bits per heavy atom. The highest BCUT2D eigenvalue weighted by Gasteiger charge is 2.19. The molecule has 0 saturated heterocycles. The van der Waals surface area contributed by atoms with Crippen LogP contribution in [0.15, 0.2) is 65.6 Å². The summed E-state index contributed by atoms with van der Waals surface area (Å²) < 4.78 is 0. The van der Waals surface area contributed by atoms with Crippen molar-refractivity contribution in [3.63, 3.8) is 0 Å². The quantitative estimate of drug-likeness (QED) is 0.598. The molecular weight excluding hydrogens is 312 g/mol. The maximum Gasteiger partial charge on any atom is 0.328 e. The number of rotatable bonds is 7. The summed E-state index contributed by atoms with van der Waals surface area (Å²) in [5, 5.41) is 18.1. The van der Waals surface area contributed by atoms with E-state index >= 15 is 0 Å². The summed E-state index contributed by atoms with van der Waals surface area (Å²) in [6.45, 7) is 0. The molecule has 23 heavy (non-hydrogen) atoms. The van der Waals surface area contributed by atoms with E-state index in [9.17, 15) is 14.7 Å². The number of thioether (sulfide) groups is 1. The molecule has 0 radical (unpaired) electrons. The lowest BCUT2D eigenvalue weighted by Crippen LogP contribution is -2.14. The number of benzene rings is 2. The fraction of sp³-hybridized carbons (Fsp3) is 0.111. The highest BCUT2D eigenvalue weighted by Crippen LogP contribution is 2.27. The van der Waals surface area contributed by atoms with Crippen molar-refractivity contribution in [2.45, 2.75) is 10.8 Å². The Morgan fingerprint density at radius 2 is 1.78 bits per heavy atom. The van der Waals surface area contributed by atoms with E-state index in [2.05, 4.69) is 0 Å². The fourth-order valence-electron chi connectivity index (χ4n) is 2.05. The first-order valence-corrected chi connectivity index (χ1v) is 7.96. The van der Waals surface area contributed by atoms with E-state index in [0.29, 0.717) is 5.75 Å². The van der Waals surface area contributed by atoms with Crippen LogP contribution in [0.3, 0.4) is 0 Å². The number of hydrogen-bond acceptors (Lipinski definition) is 3. The van der Waals surface area contributed by atoms with Gasteiger partial charge in [-0.3, -0.25) is 4.79 Å². The van der Waals surface area contributed by atoms with Gasteiger partial charge in [-0.05, 0) is 29.3 Å². The molecule has 0 aliphatic rings. The highest BCUT2D eigenvalue weighted by molar-refractivity contribution is 7.99. The van der Waals surface area contributed by atoms with E-state index in [1.165, 1.54) is 17.8 Å². The molecule has 0 aliphatic heterocycles. The summed E-state index contributed by atoms with van der Waals surface area (Å²) in [5.74, 6) is -2.03. The molecule has 0 saturated carbocycles. The molecule has 2 aromatic rings. The molecule has 0 fully saturated rings. The standard InChI is InChI=1S/C18H16O4S/c19-17(20)10-9-13-5-4-8-15(11-13)23-12-16(18(21)22)14-6-2-1-3-7-14/h1-11,16H,12H2,(H,19,20)(H,21,22)/b10-9+. The van der Waals surface area contributed by atoms with Crippen molar-refractivity contribution in [2.75, 3.05) is 5.75 Å². The average molecular weight is 328 g/mol. The molecule has 1 unspecified atom stereocenters. The van der Waals surface area contributed by atoms with E-state index in [4.69, 9.17) is 5.11 Å². The van der Waals surface area contributed by atoms with Gasteiger partial charge in [0.2, 0.25) is 0 Å². The Labute approximate surface area is 138 Å². The molecule has 0 amide bonds. The summed E-state index contributed by atoms with van der Waals surface area (Å²) in [6, 6.07) is 16.5. The van der Waals surface area contributed by atoms with Gasteiger partial charge >= 0.3 is 11.9 Å². The fourth-order valence-corrected chi connectivity index (χ4v) is 3.14. The number of carboxylic acids is 2. The minimum Gasteiger partial charge on any atom is -0.481 e. The van der Waals surface area contributed by atoms with Gasteiger partial charge in [-0.15, -0.1) is 11.8 Å². The van der Waals surface area contributed by atoms with Crippen LogP contribution in [0.25, 0.3) is 6.08 Å². The highest BCUT2D eigenvalue weighted by atomic mass is 32.2. The second-order valence-corrected chi connectivity index (χ2v) is 5.95. The van der Waals surface area contributed by atoms with E-state index in [1.807, 2.05) is 48.5 Å². The molecule has 0 heterocycles. The molecule has 2 N–H and O–H groups in total. The van der Waals surface area contributed by atoms with Gasteiger partial charge in [0.1, 0.15) is 0 Å². The number of hydrogen-bond donors (Lipinski definition) is 2. The third-order valence-electron chi connectivity index (χ3n) is 3.19. The Bertz CT molecular complexity index is 710. The van der Waals surface area contributed by atoms with Gasteiger partial charge in [0, 0.05) is 16.7 Å². The number of aliphatic carboxylic acids is 2. The first-order chi connectivity index (χ1) is 11.1. The molecule has 0 aromatic heterocycles. The Hall–Kier alpha value is -2.53. The first kappa shape index (κ1) is 16.8. The first-order valence-electron chi connectivity index (χ1n) is 6.98. The van der Waals surface area contributed by atoms with Crippen molar-refractivity contribution in [3.05, 3.63) is 71.8 Å². The Morgan fingerprint density at radius 1 is 1.04 bits per heavy atom. The molecule has 1 atom stereocenters. The van der Waals surface area contributed by atoms with Crippen molar-refractivity contribution in [1.29, 1.82) is 0 Å². The zero-order valence-electron chi connectivity index (χ0n) is 12.3. The van der Waals surface area contributed by atoms with Gasteiger partial charge in [0.05, 0.1) is 5.92 Å². The molecule has 0 aliphatic carbocycles. The van der Waals surface area contributed by atoms with Gasteiger partial charge in [0.25, 0.3) is 0 Å². The summed E-state index contributed by atoms with van der Waals surface area (Å²) >= 11 is 1.44. The number of carbonyl (C=O) groups is 2. The number of carboxylic acid groups (broad SMARTS) is 2. The van der Waals surface area contributed by atoms with E-state index in [-0.39, 0.29) is 0 Å². The van der Waals surface area contributed by atoms with Crippen molar-refractivity contribution in [1.82, 2.24) is 0 Å². The lowest BCUT2D eigenvalue weighted by atomic mass is 10.0. The van der Waals surface area contributed by atoms with Crippen molar-refractivity contribution in [3.8, 4) is 0 Å². The summed E-state index contributed by atoms with van der Waals surface area (Å²) in [7, 11) is 0. The zero-order chi connectivity index (χ0) is 16.7. The molecule has 118 valence electrons. The van der Waals surface area contributed by atoms with Crippen molar-refractivity contribution < 1.29 is 19.8 Å². The third kappa shape index (κ3) is 5.30. The van der Waals surface area contributed by atoms with Crippen LogP contribution in [-0.4, -0.2) is 27.9 Å². The van der Waals surface area contributed by atoms with Crippen LogP contribution < -0.4 is 0 Å². The molecule has 2 rings (SSSR count). The van der Waals surface area contributed by atoms with Crippen LogP contribution in [0.5, 0.6) is 0 Å². The van der Waals surface area contributed by atoms with Crippen LogP contribution in [-0.2, 0) is 9.59 Å². The minimum atomic E-state index is -1.00. The second kappa shape index (κ2) is 8.19. The van der Waals surface area contributed by atoms with Crippen LogP contribution in [0.1, 0.15) is 17.0 Å². The van der Waals surface area contributed by atoms with Gasteiger partial charge < -0.3 is 10.2 Å². The minimum absolute atomic E-state index is 0.408. The van der Waals surface area contributed by atoms with Crippen LogP contribution in [0.4, 0.5) is 0 Å². The second-order valence-electron chi connectivity index (χ2n) is 4.86. The SMILES string of the molecule is O=C(O)/C=C/c1cccc(SCC(C(=O)O)c2ccccc2)c1. The molecule has 0 bridgehead atoms. The zero-order valence-corrected chi connectivity index (χ0v) is 13.1. The smallest absolute Gasteiger partial charge is 0.328 e. The molecular formula is C18H16O4S. The van der Waals surface area contributed by atoms with Gasteiger partial charge in [-0.25, -0.2) is 4.79 Å². The van der Waals surface area contributed by atoms with E-state index in [0.717, 1.165) is 22.1 Å². The molecule has 2 aromatic carbocycles. The Balaban J connectivity index is 2.08. The lowest BCUT2D eigenvalue weighted by molar-refractivity contribution is -0.138. The van der Waals surface area contributed by atoms with E-state index in [1.54, 1.807) is 6.07 Å². The predicted octanol–water partition coefficient (Wildman–Crippen LogP) is 3.74. The van der Waals surface area contributed by atoms with Crippen LogP contribution in [0, 0.1) is 0 Å². The maximum absolute atomic E-state index is 11.5. The topological polar surface area (TPSA) is 74.6 Å². The molecule has 4 nitrogen and oxygen atoms in total. The predicted molar refractivity (Wildman–Crippen MR) is 90.7 cm³/mol. The van der Waals surface area contributed by atoms with Gasteiger partial charge in [-0.2, -0.15) is 0 Å². The van der Waals surface area contributed by atoms with Gasteiger partial charge in [-0.1, -0.05) is 42.5 Å². The monoisotopic (exact) mass is 328 g/mol. The van der Waals surface area contributed by atoms with Crippen molar-refractivity contribution in [2.24, 2.45) is 0 Å². The Kier molecular flexibility index (Phi) is 6.00. The van der Waals surface area contributed by atoms with E-state index < -0.39 is 17.9 Å². The summed E-state index contributed by atoms with van der Waals surface area (Å²) in [6.07, 6.45) is 2.59.